The SMILES string of the molecule is CC(NC(N)=S)c1cccnc1. The fraction of sp³-hybridized carbons (Fsp3) is 0.250. The first-order chi connectivity index (χ1) is 5.70. The molecule has 0 saturated carbocycles. The average Bonchev–Trinajstić information content (AvgIpc) is 2.05. The minimum atomic E-state index is 0.121. The molecule has 0 amide bonds. The standard InChI is InChI=1S/C8H11N3S/c1-6(11-8(9)12)7-3-2-4-10-5-7/h2-6H,1H3,(H3,9,11,12). The van der Waals surface area contributed by atoms with Crippen molar-refractivity contribution in [2.45, 2.75) is 13.0 Å². The summed E-state index contributed by atoms with van der Waals surface area (Å²) in [4.78, 5) is 3.99. The lowest BCUT2D eigenvalue weighted by molar-refractivity contribution is 0.716. The first-order valence-corrected chi connectivity index (χ1v) is 4.07. The molecule has 0 aromatic carbocycles. The van der Waals surface area contributed by atoms with Crippen molar-refractivity contribution in [3.8, 4) is 0 Å². The molecule has 0 fully saturated rings. The van der Waals surface area contributed by atoms with E-state index < -0.39 is 0 Å². The Morgan fingerprint density at radius 1 is 1.75 bits per heavy atom. The highest BCUT2D eigenvalue weighted by Crippen LogP contribution is 2.08. The Labute approximate surface area is 77.0 Å². The predicted octanol–water partition coefficient (Wildman–Crippen LogP) is 0.976. The summed E-state index contributed by atoms with van der Waals surface area (Å²) in [6.07, 6.45) is 3.52. The fourth-order valence-corrected chi connectivity index (χ4v) is 1.11. The average molecular weight is 181 g/mol. The number of nitrogens with one attached hydrogen (secondary N) is 1. The molecule has 1 aromatic rings. The summed E-state index contributed by atoms with van der Waals surface area (Å²) in [5.41, 5.74) is 6.40. The Morgan fingerprint density at radius 3 is 3.00 bits per heavy atom. The van der Waals surface area contributed by atoms with Gasteiger partial charge in [0.1, 0.15) is 0 Å². The summed E-state index contributed by atoms with van der Waals surface area (Å²) in [6.45, 7) is 1.98. The van der Waals surface area contributed by atoms with E-state index in [9.17, 15) is 0 Å². The quantitative estimate of drug-likeness (QED) is 0.668. The smallest absolute Gasteiger partial charge is 0.164 e. The zero-order valence-corrected chi connectivity index (χ0v) is 7.64. The molecular formula is C8H11N3S. The molecule has 3 nitrogen and oxygen atoms in total. The van der Waals surface area contributed by atoms with Crippen LogP contribution in [0.15, 0.2) is 24.5 Å². The largest absolute Gasteiger partial charge is 0.376 e. The number of aromatic nitrogens is 1. The fourth-order valence-electron chi connectivity index (χ4n) is 0.929. The van der Waals surface area contributed by atoms with Gasteiger partial charge in [-0.15, -0.1) is 0 Å². The summed E-state index contributed by atoms with van der Waals surface area (Å²) in [5, 5.41) is 3.24. The van der Waals surface area contributed by atoms with E-state index in [0.717, 1.165) is 5.56 Å². The van der Waals surface area contributed by atoms with Crippen LogP contribution in [-0.2, 0) is 0 Å². The molecule has 0 saturated heterocycles. The van der Waals surface area contributed by atoms with Crippen LogP contribution in [0, 0.1) is 0 Å². The number of hydrogen-bond acceptors (Lipinski definition) is 2. The molecule has 0 radical (unpaired) electrons. The predicted molar refractivity (Wildman–Crippen MR) is 52.6 cm³/mol. The summed E-state index contributed by atoms with van der Waals surface area (Å²) in [7, 11) is 0. The third-order valence-electron chi connectivity index (χ3n) is 1.54. The molecule has 64 valence electrons. The number of pyridine rings is 1. The molecule has 1 unspecified atom stereocenters. The van der Waals surface area contributed by atoms with Crippen molar-refractivity contribution in [2.24, 2.45) is 5.73 Å². The lowest BCUT2D eigenvalue weighted by atomic mass is 10.1. The zero-order valence-electron chi connectivity index (χ0n) is 6.82. The van der Waals surface area contributed by atoms with Gasteiger partial charge in [-0.3, -0.25) is 4.98 Å². The van der Waals surface area contributed by atoms with Crippen molar-refractivity contribution >= 4 is 17.3 Å². The Hall–Kier alpha value is -1.16. The highest BCUT2D eigenvalue weighted by molar-refractivity contribution is 7.80. The van der Waals surface area contributed by atoms with Crippen molar-refractivity contribution in [3.05, 3.63) is 30.1 Å². The second kappa shape index (κ2) is 4.01. The maximum absolute atomic E-state index is 5.33. The van der Waals surface area contributed by atoms with Gasteiger partial charge >= 0.3 is 0 Å². The minimum Gasteiger partial charge on any atom is -0.376 e. The topological polar surface area (TPSA) is 50.9 Å². The number of nitrogens with two attached hydrogens (primary N) is 1. The van der Waals surface area contributed by atoms with Crippen molar-refractivity contribution < 1.29 is 0 Å². The van der Waals surface area contributed by atoms with Gasteiger partial charge in [0.05, 0.1) is 6.04 Å². The third kappa shape index (κ3) is 2.47. The van der Waals surface area contributed by atoms with Gasteiger partial charge in [-0.1, -0.05) is 6.07 Å². The van der Waals surface area contributed by atoms with Crippen LogP contribution < -0.4 is 11.1 Å². The van der Waals surface area contributed by atoms with Crippen molar-refractivity contribution in [2.75, 3.05) is 0 Å². The highest BCUT2D eigenvalue weighted by atomic mass is 32.1. The molecule has 4 heteroatoms. The summed E-state index contributed by atoms with van der Waals surface area (Å²) in [5.74, 6) is 0. The monoisotopic (exact) mass is 181 g/mol. The summed E-state index contributed by atoms with van der Waals surface area (Å²) in [6, 6.07) is 3.98. The zero-order chi connectivity index (χ0) is 8.97. The Kier molecular flexibility index (Phi) is 2.99. The number of nitrogens with zero attached hydrogens (tertiary/aromatic N) is 1. The first kappa shape index (κ1) is 8.93. The van der Waals surface area contributed by atoms with Gasteiger partial charge < -0.3 is 11.1 Å². The molecule has 1 atom stereocenters. The Bertz CT molecular complexity index is 260. The van der Waals surface area contributed by atoms with Crippen LogP contribution in [0.2, 0.25) is 0 Å². The Balaban J connectivity index is 2.65. The van der Waals surface area contributed by atoms with Crippen LogP contribution in [0.3, 0.4) is 0 Å². The van der Waals surface area contributed by atoms with Crippen LogP contribution in [0.5, 0.6) is 0 Å². The van der Waals surface area contributed by atoms with Gasteiger partial charge in [-0.2, -0.15) is 0 Å². The van der Waals surface area contributed by atoms with E-state index in [2.05, 4.69) is 10.3 Å². The van der Waals surface area contributed by atoms with Crippen LogP contribution in [0.25, 0.3) is 0 Å². The van der Waals surface area contributed by atoms with Crippen molar-refractivity contribution in [3.63, 3.8) is 0 Å². The lowest BCUT2D eigenvalue weighted by Crippen LogP contribution is -2.31. The van der Waals surface area contributed by atoms with Gasteiger partial charge in [-0.05, 0) is 30.8 Å². The Morgan fingerprint density at radius 2 is 2.50 bits per heavy atom. The molecule has 1 heterocycles. The lowest BCUT2D eigenvalue weighted by Gasteiger charge is -2.12. The van der Waals surface area contributed by atoms with Gasteiger partial charge in [0, 0.05) is 12.4 Å². The van der Waals surface area contributed by atoms with E-state index in [1.165, 1.54) is 0 Å². The second-order valence-corrected chi connectivity index (χ2v) is 2.96. The van der Waals surface area contributed by atoms with Crippen LogP contribution >= 0.6 is 12.2 Å². The molecule has 12 heavy (non-hydrogen) atoms. The van der Waals surface area contributed by atoms with Gasteiger partial charge in [0.15, 0.2) is 5.11 Å². The minimum absolute atomic E-state index is 0.121. The van der Waals surface area contributed by atoms with E-state index in [4.69, 9.17) is 18.0 Å². The molecule has 1 aromatic heterocycles. The van der Waals surface area contributed by atoms with Crippen molar-refractivity contribution in [1.29, 1.82) is 0 Å². The van der Waals surface area contributed by atoms with Crippen LogP contribution in [0.4, 0.5) is 0 Å². The second-order valence-electron chi connectivity index (χ2n) is 2.52. The molecule has 0 aliphatic rings. The molecule has 0 aliphatic heterocycles. The molecule has 1 rings (SSSR count). The van der Waals surface area contributed by atoms with E-state index in [1.807, 2.05) is 19.1 Å². The summed E-state index contributed by atoms with van der Waals surface area (Å²) >= 11 is 4.72. The molecule has 0 bridgehead atoms. The molecule has 3 N–H and O–H groups in total. The van der Waals surface area contributed by atoms with Crippen LogP contribution in [0.1, 0.15) is 18.5 Å². The first-order valence-electron chi connectivity index (χ1n) is 3.66. The number of hydrogen-bond donors (Lipinski definition) is 2. The molecular weight excluding hydrogens is 170 g/mol. The maximum atomic E-state index is 5.33. The third-order valence-corrected chi connectivity index (χ3v) is 1.66. The molecule has 0 spiro atoms. The van der Waals surface area contributed by atoms with E-state index >= 15 is 0 Å². The van der Waals surface area contributed by atoms with Crippen molar-refractivity contribution in [1.82, 2.24) is 10.3 Å². The van der Waals surface area contributed by atoms with Crippen LogP contribution in [-0.4, -0.2) is 10.1 Å². The van der Waals surface area contributed by atoms with E-state index in [-0.39, 0.29) is 6.04 Å². The highest BCUT2D eigenvalue weighted by Gasteiger charge is 2.03. The van der Waals surface area contributed by atoms with E-state index in [0.29, 0.717) is 5.11 Å². The number of thiocarbonyl (C=S) groups is 1. The summed E-state index contributed by atoms with van der Waals surface area (Å²) < 4.78 is 0. The molecule has 0 aliphatic carbocycles. The van der Waals surface area contributed by atoms with Gasteiger partial charge in [0.2, 0.25) is 0 Å². The number of rotatable bonds is 2. The van der Waals surface area contributed by atoms with E-state index in [1.54, 1.807) is 12.4 Å². The normalized spacial score (nSPS) is 12.1. The maximum Gasteiger partial charge on any atom is 0.164 e. The van der Waals surface area contributed by atoms with Gasteiger partial charge in [-0.25, -0.2) is 0 Å². The van der Waals surface area contributed by atoms with Gasteiger partial charge in [0.25, 0.3) is 0 Å².